The van der Waals surface area contributed by atoms with Crippen molar-refractivity contribution in [2.75, 3.05) is 5.73 Å². The van der Waals surface area contributed by atoms with Crippen LogP contribution in [0.5, 0.6) is 0 Å². The zero-order valence-electron chi connectivity index (χ0n) is 23.8. The number of carboxylic acid groups (broad SMARTS) is 1. The highest BCUT2D eigenvalue weighted by Crippen LogP contribution is 2.50. The number of carboxylic acids is 1. The van der Waals surface area contributed by atoms with Crippen molar-refractivity contribution >= 4 is 63.4 Å². The van der Waals surface area contributed by atoms with Crippen LogP contribution in [0.15, 0.2) is 34.8 Å². The minimum absolute atomic E-state index is 0.0710. The number of thioether (sulfide) groups is 1. The number of nitro benzene ring substituents is 1. The number of benzene rings is 1. The molecule has 1 aliphatic carbocycles. The number of carbonyl (C=O) groups is 4. The van der Waals surface area contributed by atoms with Gasteiger partial charge in [0.2, 0.25) is 11.5 Å². The Labute approximate surface area is 259 Å². The Bertz CT molecular complexity index is 1520. The number of nitrogens with zero attached hydrogens (tertiary/aromatic N) is 4. The largest absolute Gasteiger partial charge is 0.480 e. The van der Waals surface area contributed by atoms with Crippen molar-refractivity contribution in [3.05, 3.63) is 51.0 Å². The number of nitrogens with two attached hydrogens (primary N) is 1. The van der Waals surface area contributed by atoms with E-state index in [4.69, 9.17) is 15.3 Å². The zero-order valence-corrected chi connectivity index (χ0v) is 25.4. The van der Waals surface area contributed by atoms with Crippen LogP contribution < -0.4 is 11.1 Å². The van der Waals surface area contributed by atoms with Crippen LogP contribution in [-0.2, 0) is 35.4 Å². The molecular formula is C27H30N6O9S2. The van der Waals surface area contributed by atoms with Crippen LogP contribution in [-0.4, -0.2) is 77.2 Å². The highest BCUT2D eigenvalue weighted by molar-refractivity contribution is 8.01. The van der Waals surface area contributed by atoms with Gasteiger partial charge in [-0.2, -0.15) is 0 Å². The summed E-state index contributed by atoms with van der Waals surface area (Å²) in [4.78, 5) is 73.4. The number of fused-ring (bicyclic) bond motifs is 1. The first-order valence-electron chi connectivity index (χ1n) is 13.7. The van der Waals surface area contributed by atoms with Gasteiger partial charge in [0.05, 0.1) is 4.92 Å². The predicted molar refractivity (Wildman–Crippen MR) is 159 cm³/mol. The van der Waals surface area contributed by atoms with Gasteiger partial charge in [0.15, 0.2) is 10.8 Å². The number of non-ortho nitro benzene ring substituents is 1. The molecule has 3 aliphatic rings. The van der Waals surface area contributed by atoms with Gasteiger partial charge < -0.3 is 30.6 Å². The summed E-state index contributed by atoms with van der Waals surface area (Å²) in [5.41, 5.74) is 4.50. The molecule has 1 saturated carbocycles. The van der Waals surface area contributed by atoms with Gasteiger partial charge in [-0.05, 0) is 44.4 Å². The molecule has 0 unspecified atom stereocenters. The third-order valence-electron chi connectivity index (χ3n) is 7.80. The van der Waals surface area contributed by atoms with Crippen LogP contribution in [0.25, 0.3) is 0 Å². The number of nitro groups is 1. The van der Waals surface area contributed by atoms with Gasteiger partial charge in [-0.15, -0.1) is 23.1 Å². The number of β-lactam (4-membered cyclic amide) rings is 1. The van der Waals surface area contributed by atoms with Crippen LogP contribution in [0, 0.1) is 10.1 Å². The third kappa shape index (κ3) is 5.93. The van der Waals surface area contributed by atoms with Crippen molar-refractivity contribution in [1.82, 2.24) is 15.2 Å². The van der Waals surface area contributed by atoms with Crippen molar-refractivity contribution in [1.29, 1.82) is 0 Å². The van der Waals surface area contributed by atoms with E-state index in [-0.39, 0.29) is 41.7 Å². The number of amides is 2. The SMILES string of the molecule is CC1(C)S[C@@H]2[C@H](NC(=O)C(=NOC3(C(=O)OCc4ccc([N+](=O)[O-])cc4)CCCCC3)c3csc(N)n3)C(=O)N2[C@H]1C(=O)O. The standard InChI is InChI=1S/C27H30N6O9S2/c1-26(2)19(23(36)37)32-21(35)18(22(32)44-26)30-20(34)17(16-13-43-25(28)29-16)31-42-27(10-4-3-5-11-27)24(38)41-12-14-6-8-15(9-7-14)33(39)40/h6-9,13,18-19,22H,3-5,10-12H2,1-2H3,(H2,28,29)(H,30,34)(H,36,37)/t18-,19+,22-/m1/s1. The second kappa shape index (κ2) is 12.0. The normalized spacial score (nSPS) is 23.7. The number of anilines is 1. The fraction of sp³-hybridized carbons (Fsp3) is 0.481. The number of hydrogen-bond donors (Lipinski definition) is 3. The van der Waals surface area contributed by atoms with Gasteiger partial charge in [-0.3, -0.25) is 19.7 Å². The molecule has 0 bridgehead atoms. The lowest BCUT2D eigenvalue weighted by Gasteiger charge is -2.43. The number of rotatable bonds is 10. The molecule has 4 N–H and O–H groups in total. The minimum atomic E-state index is -1.50. The Morgan fingerprint density at radius 3 is 2.50 bits per heavy atom. The number of carbonyl (C=O) groups excluding carboxylic acids is 3. The summed E-state index contributed by atoms with van der Waals surface area (Å²) in [6, 6.07) is 3.54. The molecule has 2 amide bonds. The zero-order chi connectivity index (χ0) is 31.8. The average Bonchev–Trinajstić information content (AvgIpc) is 3.53. The van der Waals surface area contributed by atoms with Crippen molar-refractivity contribution in [3.63, 3.8) is 0 Å². The first-order valence-corrected chi connectivity index (χ1v) is 15.5. The number of nitrogen functional groups attached to an aromatic ring is 1. The van der Waals surface area contributed by atoms with E-state index in [9.17, 15) is 34.4 Å². The molecule has 0 spiro atoms. The fourth-order valence-corrected chi connectivity index (χ4v) is 7.71. The number of nitrogens with one attached hydrogen (secondary N) is 1. The van der Waals surface area contributed by atoms with Gasteiger partial charge >= 0.3 is 11.9 Å². The van der Waals surface area contributed by atoms with E-state index in [2.05, 4.69) is 15.5 Å². The van der Waals surface area contributed by atoms with Gasteiger partial charge in [0.25, 0.3) is 11.6 Å². The van der Waals surface area contributed by atoms with Crippen LogP contribution in [0.3, 0.4) is 0 Å². The molecule has 44 heavy (non-hydrogen) atoms. The topological polar surface area (TPSA) is 217 Å². The van der Waals surface area contributed by atoms with E-state index in [1.165, 1.54) is 46.3 Å². The Hall–Kier alpha value is -4.25. The Morgan fingerprint density at radius 1 is 1.23 bits per heavy atom. The van der Waals surface area contributed by atoms with E-state index in [1.54, 1.807) is 13.8 Å². The number of aliphatic carboxylic acids is 1. The lowest BCUT2D eigenvalue weighted by molar-refractivity contribution is -0.384. The lowest BCUT2D eigenvalue weighted by atomic mass is 9.85. The number of ether oxygens (including phenoxy) is 1. The molecule has 3 fully saturated rings. The summed E-state index contributed by atoms with van der Waals surface area (Å²) < 4.78 is 4.76. The Morgan fingerprint density at radius 2 is 1.91 bits per heavy atom. The highest BCUT2D eigenvalue weighted by atomic mass is 32.2. The summed E-state index contributed by atoms with van der Waals surface area (Å²) in [5, 5.41) is 28.4. The number of oxime groups is 1. The van der Waals surface area contributed by atoms with E-state index in [1.807, 2.05) is 0 Å². The average molecular weight is 647 g/mol. The van der Waals surface area contributed by atoms with Crippen molar-refractivity contribution < 1.29 is 38.8 Å². The van der Waals surface area contributed by atoms with Gasteiger partial charge in [0, 0.05) is 35.1 Å². The van der Waals surface area contributed by atoms with E-state index in [0.717, 1.165) is 17.8 Å². The molecule has 15 nitrogen and oxygen atoms in total. The second-order valence-electron chi connectivity index (χ2n) is 11.2. The molecule has 234 valence electrons. The van der Waals surface area contributed by atoms with Crippen molar-refractivity contribution in [3.8, 4) is 0 Å². The van der Waals surface area contributed by atoms with Gasteiger partial charge in [-0.1, -0.05) is 11.6 Å². The highest BCUT2D eigenvalue weighted by Gasteiger charge is 2.64. The fourth-order valence-electron chi connectivity index (χ4n) is 5.54. The van der Waals surface area contributed by atoms with Gasteiger partial charge in [0.1, 0.15) is 29.8 Å². The quantitative estimate of drug-likeness (QED) is 0.111. The predicted octanol–water partition coefficient (Wildman–Crippen LogP) is 2.43. The first kappa shape index (κ1) is 31.2. The smallest absolute Gasteiger partial charge is 0.353 e. The lowest BCUT2D eigenvalue weighted by Crippen LogP contribution is -2.71. The molecule has 1 aromatic heterocycles. The van der Waals surface area contributed by atoms with Crippen LogP contribution in [0.1, 0.15) is 57.2 Å². The van der Waals surface area contributed by atoms with Crippen LogP contribution >= 0.6 is 23.1 Å². The maximum Gasteiger partial charge on any atom is 0.353 e. The van der Waals surface area contributed by atoms with E-state index >= 15 is 0 Å². The molecule has 5 rings (SSSR count). The molecule has 2 aromatic rings. The summed E-state index contributed by atoms with van der Waals surface area (Å²) >= 11 is 2.33. The van der Waals surface area contributed by atoms with Crippen molar-refractivity contribution in [2.45, 2.75) is 80.4 Å². The monoisotopic (exact) mass is 646 g/mol. The molecule has 1 aromatic carbocycles. The van der Waals surface area contributed by atoms with Crippen LogP contribution in [0.2, 0.25) is 0 Å². The number of aromatic nitrogens is 1. The summed E-state index contributed by atoms with van der Waals surface area (Å²) in [6.07, 6.45) is 2.67. The summed E-state index contributed by atoms with van der Waals surface area (Å²) in [5.74, 6) is -3.18. The molecule has 2 saturated heterocycles. The number of hydrogen-bond acceptors (Lipinski definition) is 13. The molecule has 17 heteroatoms. The van der Waals surface area contributed by atoms with E-state index in [0.29, 0.717) is 18.4 Å². The third-order valence-corrected chi connectivity index (χ3v) is 10.0. The van der Waals surface area contributed by atoms with E-state index < -0.39 is 56.5 Å². The molecule has 3 heterocycles. The molecule has 2 aliphatic heterocycles. The molecular weight excluding hydrogens is 616 g/mol. The maximum atomic E-state index is 13.5. The maximum absolute atomic E-state index is 13.5. The van der Waals surface area contributed by atoms with Gasteiger partial charge in [-0.25, -0.2) is 14.6 Å². The minimum Gasteiger partial charge on any atom is -0.480 e. The Kier molecular flexibility index (Phi) is 8.53. The first-order chi connectivity index (χ1) is 20.8. The molecule has 0 radical (unpaired) electrons. The van der Waals surface area contributed by atoms with Crippen molar-refractivity contribution in [2.24, 2.45) is 5.16 Å². The number of esters is 1. The summed E-state index contributed by atoms with van der Waals surface area (Å²) in [6.45, 7) is 3.29. The second-order valence-corrected chi connectivity index (χ2v) is 13.9. The Balaban J connectivity index is 1.34. The summed E-state index contributed by atoms with van der Waals surface area (Å²) in [7, 11) is 0. The van der Waals surface area contributed by atoms with Crippen LogP contribution in [0.4, 0.5) is 10.8 Å². The molecule has 3 atom stereocenters. The number of thiazole rings is 1.